The van der Waals surface area contributed by atoms with Crippen LogP contribution in [0.3, 0.4) is 0 Å². The molecule has 1 rings (SSSR count). The van der Waals surface area contributed by atoms with Crippen molar-refractivity contribution in [3.05, 3.63) is 35.4 Å². The van der Waals surface area contributed by atoms with Crippen LogP contribution in [-0.2, 0) is 21.3 Å². The number of nitrogens with zero attached hydrogens (tertiary/aromatic N) is 1. The number of carbonyl (C=O) groups excluding carboxylic acids is 2. The van der Waals surface area contributed by atoms with Crippen molar-refractivity contribution in [1.82, 2.24) is 10.6 Å². The van der Waals surface area contributed by atoms with E-state index in [4.69, 9.17) is 9.47 Å². The molecule has 0 saturated carbocycles. The third-order valence-corrected chi connectivity index (χ3v) is 3.45. The van der Waals surface area contributed by atoms with Gasteiger partial charge in [-0.25, -0.2) is 14.6 Å². The van der Waals surface area contributed by atoms with Gasteiger partial charge in [0.15, 0.2) is 0 Å². The maximum atomic E-state index is 12.0. The molecule has 0 radical (unpaired) electrons. The summed E-state index contributed by atoms with van der Waals surface area (Å²) in [7, 11) is 0. The number of halogens is 1. The Balaban J connectivity index is 2.90. The van der Waals surface area contributed by atoms with Crippen LogP contribution in [0.2, 0.25) is 0 Å². The number of alkyl carbamates (subject to hydrolysis) is 2. The molecule has 8 heteroatoms. The molecule has 0 aliphatic carbocycles. The third-order valence-electron chi connectivity index (χ3n) is 2.80. The Kier molecular flexibility index (Phi) is 8.27. The molecule has 1 aromatic carbocycles. The number of amides is 2. The van der Waals surface area contributed by atoms with Gasteiger partial charge in [0.2, 0.25) is 5.96 Å². The molecule has 0 unspecified atom stereocenters. The van der Waals surface area contributed by atoms with E-state index in [9.17, 15) is 9.59 Å². The number of ether oxygens (including phenoxy) is 2. The number of benzene rings is 1. The van der Waals surface area contributed by atoms with E-state index >= 15 is 0 Å². The van der Waals surface area contributed by atoms with Crippen molar-refractivity contribution in [2.45, 2.75) is 64.6 Å². The summed E-state index contributed by atoms with van der Waals surface area (Å²) in [5.41, 5.74) is 0.683. The summed E-state index contributed by atoms with van der Waals surface area (Å²) in [4.78, 5) is 28.4. The van der Waals surface area contributed by atoms with Gasteiger partial charge in [-0.1, -0.05) is 40.2 Å². The van der Waals surface area contributed by atoms with Gasteiger partial charge in [0.1, 0.15) is 11.2 Å². The van der Waals surface area contributed by atoms with Crippen molar-refractivity contribution < 1.29 is 19.1 Å². The van der Waals surface area contributed by atoms with Crippen molar-refractivity contribution in [3.63, 3.8) is 0 Å². The minimum atomic E-state index is -0.716. The molecule has 27 heavy (non-hydrogen) atoms. The molecule has 0 heterocycles. The van der Waals surface area contributed by atoms with Crippen LogP contribution in [-0.4, -0.2) is 29.3 Å². The average Bonchev–Trinajstić information content (AvgIpc) is 2.49. The zero-order valence-corrected chi connectivity index (χ0v) is 18.3. The second-order valence-electron chi connectivity index (χ2n) is 7.87. The third kappa shape index (κ3) is 10.6. The second-order valence-corrected chi connectivity index (χ2v) is 8.43. The summed E-state index contributed by atoms with van der Waals surface area (Å²) in [6, 6.07) is 7.80. The fraction of sp³-hybridized carbons (Fsp3) is 0.526. The van der Waals surface area contributed by atoms with Crippen molar-refractivity contribution in [3.8, 4) is 0 Å². The number of hydrogen-bond acceptors (Lipinski definition) is 5. The van der Waals surface area contributed by atoms with E-state index in [2.05, 4.69) is 31.6 Å². The molecular weight excluding hydrogens is 414 g/mol. The predicted octanol–water partition coefficient (Wildman–Crippen LogP) is 4.49. The Hall–Kier alpha value is -2.09. The molecule has 0 aromatic heterocycles. The van der Waals surface area contributed by atoms with E-state index in [1.807, 2.05) is 24.3 Å². The van der Waals surface area contributed by atoms with Crippen molar-refractivity contribution in [2.24, 2.45) is 4.99 Å². The van der Waals surface area contributed by atoms with Gasteiger partial charge in [0.25, 0.3) is 0 Å². The van der Waals surface area contributed by atoms with Gasteiger partial charge in [-0.2, -0.15) is 0 Å². The highest BCUT2D eigenvalue weighted by molar-refractivity contribution is 9.08. The molecule has 0 spiro atoms. The molecule has 0 aliphatic heterocycles. The van der Waals surface area contributed by atoms with E-state index in [0.29, 0.717) is 0 Å². The highest BCUT2D eigenvalue weighted by atomic mass is 79.9. The summed E-state index contributed by atoms with van der Waals surface area (Å²) in [6.45, 7) is 10.7. The average molecular weight is 442 g/mol. The Morgan fingerprint density at radius 3 is 1.89 bits per heavy atom. The molecule has 0 saturated heterocycles. The predicted molar refractivity (Wildman–Crippen MR) is 109 cm³/mol. The summed E-state index contributed by atoms with van der Waals surface area (Å²) in [6.07, 6.45) is -1.43. The summed E-state index contributed by atoms with van der Waals surface area (Å²) >= 11 is 3.41. The van der Waals surface area contributed by atoms with E-state index in [1.54, 1.807) is 41.5 Å². The fourth-order valence-corrected chi connectivity index (χ4v) is 2.24. The Morgan fingerprint density at radius 2 is 1.44 bits per heavy atom. The van der Waals surface area contributed by atoms with Gasteiger partial charge in [-0.05, 0) is 52.7 Å². The zero-order valence-electron chi connectivity index (χ0n) is 16.7. The number of carbonyl (C=O) groups is 2. The van der Waals surface area contributed by atoms with Gasteiger partial charge < -0.3 is 9.47 Å². The number of aliphatic imine (C=N–C) groups is 1. The highest BCUT2D eigenvalue weighted by Crippen LogP contribution is 2.10. The molecule has 150 valence electrons. The van der Waals surface area contributed by atoms with Crippen LogP contribution in [0.15, 0.2) is 29.3 Å². The molecular formula is C19H28BrN3O4. The number of rotatable bonds is 3. The number of guanidine groups is 1. The van der Waals surface area contributed by atoms with E-state index in [0.717, 1.165) is 16.5 Å². The molecule has 2 amide bonds. The highest BCUT2D eigenvalue weighted by Gasteiger charge is 2.21. The number of alkyl halides is 1. The summed E-state index contributed by atoms with van der Waals surface area (Å²) in [5.74, 6) is -0.0391. The van der Waals surface area contributed by atoms with Crippen LogP contribution < -0.4 is 10.6 Å². The largest absolute Gasteiger partial charge is 0.444 e. The van der Waals surface area contributed by atoms with E-state index in [-0.39, 0.29) is 12.5 Å². The van der Waals surface area contributed by atoms with E-state index < -0.39 is 23.4 Å². The Labute approximate surface area is 169 Å². The standard InChI is InChI=1S/C19H28BrN3O4/c1-18(2,3)26-16(24)22-15(23-17(25)27-19(4,5)6)21-12-14-9-7-8-13(10-14)11-20/h7-10H,11-12H2,1-6H3,(H2,21,22,23,24,25). The molecule has 1 aromatic rings. The first-order valence-corrected chi connectivity index (χ1v) is 9.68. The fourth-order valence-electron chi connectivity index (χ4n) is 1.89. The smallest absolute Gasteiger partial charge is 0.414 e. The number of nitrogens with one attached hydrogen (secondary N) is 2. The van der Waals surface area contributed by atoms with Crippen molar-refractivity contribution in [1.29, 1.82) is 0 Å². The van der Waals surface area contributed by atoms with Gasteiger partial charge in [0.05, 0.1) is 6.54 Å². The lowest BCUT2D eigenvalue weighted by molar-refractivity contribution is 0.0545. The lowest BCUT2D eigenvalue weighted by Crippen LogP contribution is -2.47. The van der Waals surface area contributed by atoms with Crippen LogP contribution >= 0.6 is 15.9 Å². The maximum absolute atomic E-state index is 12.0. The van der Waals surface area contributed by atoms with Gasteiger partial charge in [-0.15, -0.1) is 0 Å². The van der Waals surface area contributed by atoms with Crippen LogP contribution in [0.1, 0.15) is 52.7 Å². The van der Waals surface area contributed by atoms with Gasteiger partial charge in [0, 0.05) is 5.33 Å². The molecule has 0 aliphatic rings. The van der Waals surface area contributed by atoms with Crippen LogP contribution in [0.4, 0.5) is 9.59 Å². The lowest BCUT2D eigenvalue weighted by atomic mass is 10.1. The van der Waals surface area contributed by atoms with Crippen LogP contribution in [0, 0.1) is 0 Å². The quantitative estimate of drug-likeness (QED) is 0.410. The Bertz CT molecular complexity index is 659. The summed E-state index contributed by atoms with van der Waals surface area (Å²) < 4.78 is 10.4. The molecule has 0 atom stereocenters. The van der Waals surface area contributed by atoms with Crippen LogP contribution in [0.25, 0.3) is 0 Å². The second kappa shape index (κ2) is 9.73. The monoisotopic (exact) mass is 441 g/mol. The first kappa shape index (κ1) is 23.0. The zero-order chi connectivity index (χ0) is 20.7. The van der Waals surface area contributed by atoms with Gasteiger partial charge in [-0.3, -0.25) is 10.6 Å². The van der Waals surface area contributed by atoms with Crippen molar-refractivity contribution >= 4 is 34.1 Å². The lowest BCUT2D eigenvalue weighted by Gasteiger charge is -2.22. The minimum absolute atomic E-state index is 0.0391. The molecule has 0 bridgehead atoms. The SMILES string of the molecule is CC(C)(C)OC(=O)NC(=NCc1cccc(CBr)c1)NC(=O)OC(C)(C)C. The normalized spacial score (nSPS) is 11.4. The first-order chi connectivity index (χ1) is 12.4. The molecule has 7 nitrogen and oxygen atoms in total. The Morgan fingerprint density at radius 1 is 0.963 bits per heavy atom. The minimum Gasteiger partial charge on any atom is -0.444 e. The number of hydrogen-bond donors (Lipinski definition) is 2. The summed E-state index contributed by atoms with van der Waals surface area (Å²) in [5, 5.41) is 5.64. The maximum Gasteiger partial charge on any atom is 0.414 e. The molecule has 0 fully saturated rings. The first-order valence-electron chi connectivity index (χ1n) is 8.56. The van der Waals surface area contributed by atoms with Crippen molar-refractivity contribution in [2.75, 3.05) is 0 Å². The van der Waals surface area contributed by atoms with Gasteiger partial charge >= 0.3 is 12.2 Å². The topological polar surface area (TPSA) is 89.0 Å². The molecule has 2 N–H and O–H groups in total. The van der Waals surface area contributed by atoms with Crippen LogP contribution in [0.5, 0.6) is 0 Å². The van der Waals surface area contributed by atoms with E-state index in [1.165, 1.54) is 0 Å².